The van der Waals surface area contributed by atoms with Crippen LogP contribution in [0.5, 0.6) is 0 Å². The quantitative estimate of drug-likeness (QED) is 0.0692. The number of hydrogen-bond donors (Lipinski definition) is 6. The first-order valence-corrected chi connectivity index (χ1v) is 26.1. The zero-order valence-electron chi connectivity index (χ0n) is 46.5. The number of likely N-dealkylation sites (tertiary alicyclic amines) is 1. The van der Waals surface area contributed by atoms with E-state index in [1.54, 1.807) is 87.9 Å². The highest BCUT2D eigenvalue weighted by Crippen LogP contribution is 2.30. The summed E-state index contributed by atoms with van der Waals surface area (Å²) in [6.07, 6.45) is -1.16. The molecule has 1 aliphatic heterocycles. The number of aliphatic hydroxyl groups excluding tert-OH is 1. The fourth-order valence-electron chi connectivity index (χ4n) is 9.55. The molecule has 1 aliphatic rings. The van der Waals surface area contributed by atoms with E-state index in [-0.39, 0.29) is 54.4 Å². The maximum Gasteiger partial charge on any atom is 0.410 e. The first-order valence-electron chi connectivity index (χ1n) is 26.1. The lowest BCUT2D eigenvalue weighted by atomic mass is 9.89. The van der Waals surface area contributed by atoms with Gasteiger partial charge in [-0.05, 0) is 73.6 Å². The number of anilines is 1. The molecule has 1 fully saturated rings. The van der Waals surface area contributed by atoms with Gasteiger partial charge in [0, 0.05) is 40.5 Å². The highest BCUT2D eigenvalue weighted by Gasteiger charge is 2.44. The van der Waals surface area contributed by atoms with Gasteiger partial charge >= 0.3 is 6.09 Å². The summed E-state index contributed by atoms with van der Waals surface area (Å²) in [5, 5.41) is 22.2. The molecule has 7 amide bonds. The number of carbonyl (C=O) groups is 7. The molecule has 0 saturated carbocycles. The fraction of sp³-hybridized carbons (Fsp3) is 0.655. The Hall–Kier alpha value is -5.63. The number of nitrogens with two attached hydrogens (primary N) is 1. The van der Waals surface area contributed by atoms with Gasteiger partial charge in [0.05, 0.1) is 54.8 Å². The van der Waals surface area contributed by atoms with Gasteiger partial charge in [-0.1, -0.05) is 111 Å². The van der Waals surface area contributed by atoms with Crippen LogP contribution < -0.4 is 27.0 Å². The standard InChI is InChI=1S/C55H88N8O11/c1-16-34(8)47(42(72-14)29-43(64)63-28-20-23-41(63)49(73-15)35(9)50(66)57-36(10)48(65)39-21-18-17-19-22-39)61(12)54(70)45(32(4)5)60-53(69)46(33(6)7)62(13)55(71)74-30-38-24-26-40(27-25-38)59-51(67)37(11)58-52(68)44(56)31(2)3/h17-19,21-22,24-27,31-37,41-42,44-49,65H,16,20,23,28-30,56H2,1-15H3,(H,57,66)(H,58,68)(H,59,67)(H,60,69)/t34-,35?,36+,37-,41-,42+,44-,45-,46-,47?,48+,49+/m0/s1. The topological polar surface area (TPSA) is 251 Å². The van der Waals surface area contributed by atoms with Crippen molar-refractivity contribution in [3.05, 3.63) is 65.7 Å². The molecule has 2 unspecified atom stereocenters. The van der Waals surface area contributed by atoms with E-state index in [9.17, 15) is 38.7 Å². The third kappa shape index (κ3) is 16.9. The van der Waals surface area contributed by atoms with Crippen molar-refractivity contribution >= 4 is 47.2 Å². The molecule has 0 radical (unpaired) electrons. The minimum absolute atomic E-state index is 0.0620. The number of amides is 7. The van der Waals surface area contributed by atoms with Crippen molar-refractivity contribution in [2.45, 2.75) is 169 Å². The average molecular weight is 1040 g/mol. The Labute approximate surface area is 439 Å². The van der Waals surface area contributed by atoms with Gasteiger partial charge in [-0.2, -0.15) is 0 Å². The highest BCUT2D eigenvalue weighted by molar-refractivity contribution is 5.97. The van der Waals surface area contributed by atoms with Crippen molar-refractivity contribution in [2.75, 3.05) is 40.2 Å². The van der Waals surface area contributed by atoms with E-state index in [1.807, 2.05) is 59.7 Å². The molecule has 12 atom stereocenters. The van der Waals surface area contributed by atoms with Gasteiger partial charge in [0.1, 0.15) is 24.7 Å². The van der Waals surface area contributed by atoms with E-state index in [4.69, 9.17) is 19.9 Å². The smallest absolute Gasteiger partial charge is 0.410 e. The van der Waals surface area contributed by atoms with Gasteiger partial charge in [0.25, 0.3) is 0 Å². The maximum atomic E-state index is 14.7. The summed E-state index contributed by atoms with van der Waals surface area (Å²) in [6, 6.07) is 10.5. The summed E-state index contributed by atoms with van der Waals surface area (Å²) < 4.78 is 17.6. The Morgan fingerprint density at radius 1 is 0.757 bits per heavy atom. The molecule has 0 aromatic heterocycles. The number of methoxy groups -OCH3 is 2. The number of nitrogens with zero attached hydrogens (tertiary/aromatic N) is 3. The number of benzene rings is 2. The summed E-state index contributed by atoms with van der Waals surface area (Å²) in [5.41, 5.74) is 7.65. The molecular weight excluding hydrogens is 949 g/mol. The van der Waals surface area contributed by atoms with Crippen molar-refractivity contribution in [1.29, 1.82) is 0 Å². The Kier molecular flexibility index (Phi) is 24.9. The second-order valence-electron chi connectivity index (χ2n) is 21.0. The van der Waals surface area contributed by atoms with Crippen molar-refractivity contribution in [3.63, 3.8) is 0 Å². The monoisotopic (exact) mass is 1040 g/mol. The van der Waals surface area contributed by atoms with Crippen molar-refractivity contribution in [3.8, 4) is 0 Å². The third-order valence-corrected chi connectivity index (χ3v) is 14.4. The van der Waals surface area contributed by atoms with Gasteiger partial charge in [0.15, 0.2) is 0 Å². The SMILES string of the molecule is CC[C@H](C)C([C@@H](CC(=O)N1CCC[C@H]1[C@H](OC)C(C)C(=O)N[C@H](C)[C@@H](O)c1ccccc1)OC)N(C)C(=O)[C@@H](NC(=O)[C@H](C(C)C)N(C)C(=O)OCc1ccc(NC(=O)[C@H](C)NC(=O)[C@@H](N)C(C)C)cc1)C(C)C. The first-order chi connectivity index (χ1) is 34.8. The molecule has 2 aromatic rings. The first kappa shape index (κ1) is 62.7. The maximum absolute atomic E-state index is 14.7. The van der Waals surface area contributed by atoms with Crippen LogP contribution in [0.25, 0.3) is 0 Å². The molecule has 0 spiro atoms. The third-order valence-electron chi connectivity index (χ3n) is 14.4. The Morgan fingerprint density at radius 3 is 1.92 bits per heavy atom. The Bertz CT molecular complexity index is 2140. The molecule has 0 bridgehead atoms. The lowest BCUT2D eigenvalue weighted by Gasteiger charge is -2.41. The average Bonchev–Trinajstić information content (AvgIpc) is 3.86. The predicted octanol–water partition coefficient (Wildman–Crippen LogP) is 5.01. The van der Waals surface area contributed by atoms with Crippen LogP contribution in [0.3, 0.4) is 0 Å². The molecule has 19 nitrogen and oxygen atoms in total. The van der Waals surface area contributed by atoms with Crippen LogP contribution in [-0.4, -0.2) is 151 Å². The van der Waals surface area contributed by atoms with Crippen LogP contribution in [0.15, 0.2) is 54.6 Å². The lowest BCUT2D eigenvalue weighted by molar-refractivity contribution is -0.148. The van der Waals surface area contributed by atoms with E-state index in [0.29, 0.717) is 42.6 Å². The second-order valence-corrected chi connectivity index (χ2v) is 21.0. The number of aliphatic hydroxyl groups is 1. The predicted molar refractivity (Wildman–Crippen MR) is 284 cm³/mol. The number of likely N-dealkylation sites (N-methyl/N-ethyl adjacent to an activating group) is 2. The van der Waals surface area contributed by atoms with Gasteiger partial charge in [0.2, 0.25) is 35.4 Å². The number of nitrogens with one attached hydrogen (secondary N) is 4. The molecule has 1 saturated heterocycles. The highest BCUT2D eigenvalue weighted by atomic mass is 16.6. The van der Waals surface area contributed by atoms with E-state index >= 15 is 0 Å². The fourth-order valence-corrected chi connectivity index (χ4v) is 9.55. The van der Waals surface area contributed by atoms with E-state index < -0.39 is 90.3 Å². The number of rotatable bonds is 27. The Balaban J connectivity index is 1.69. The van der Waals surface area contributed by atoms with Crippen molar-refractivity contribution in [2.24, 2.45) is 35.3 Å². The largest absolute Gasteiger partial charge is 0.445 e. The van der Waals surface area contributed by atoms with Crippen LogP contribution >= 0.6 is 0 Å². The summed E-state index contributed by atoms with van der Waals surface area (Å²) in [5.74, 6) is -3.98. The van der Waals surface area contributed by atoms with Crippen molar-refractivity contribution < 1.29 is 52.9 Å². The van der Waals surface area contributed by atoms with Crippen LogP contribution in [0.1, 0.15) is 119 Å². The van der Waals surface area contributed by atoms with Crippen molar-refractivity contribution in [1.82, 2.24) is 30.7 Å². The molecule has 0 aliphatic carbocycles. The van der Waals surface area contributed by atoms with Crippen LogP contribution in [0.2, 0.25) is 0 Å². The molecule has 414 valence electrons. The molecule has 7 N–H and O–H groups in total. The normalized spacial score (nSPS) is 18.2. The summed E-state index contributed by atoms with van der Waals surface area (Å²) >= 11 is 0. The minimum atomic E-state index is -1.02. The van der Waals surface area contributed by atoms with E-state index in [0.717, 1.165) is 0 Å². The molecule has 19 heteroatoms. The number of hydrogen-bond acceptors (Lipinski definition) is 12. The van der Waals surface area contributed by atoms with Gasteiger partial charge in [-0.3, -0.25) is 33.7 Å². The number of ether oxygens (including phenoxy) is 3. The summed E-state index contributed by atoms with van der Waals surface area (Å²) in [6.45, 7) is 20.2. The summed E-state index contributed by atoms with van der Waals surface area (Å²) in [4.78, 5) is 100.0. The van der Waals surface area contributed by atoms with Gasteiger partial charge in [-0.25, -0.2) is 4.79 Å². The number of carbonyl (C=O) groups excluding carboxylic acids is 7. The molecule has 2 aromatic carbocycles. The van der Waals surface area contributed by atoms with E-state index in [1.165, 1.54) is 26.2 Å². The molecule has 74 heavy (non-hydrogen) atoms. The lowest BCUT2D eigenvalue weighted by Crippen LogP contribution is -2.60. The van der Waals surface area contributed by atoms with Gasteiger partial charge in [-0.15, -0.1) is 0 Å². The van der Waals surface area contributed by atoms with E-state index in [2.05, 4.69) is 21.3 Å². The van der Waals surface area contributed by atoms with Crippen LogP contribution in [0, 0.1) is 29.6 Å². The molecule has 3 rings (SSSR count). The zero-order chi connectivity index (χ0) is 55.7. The van der Waals surface area contributed by atoms with Gasteiger partial charge < -0.3 is 56.1 Å². The summed E-state index contributed by atoms with van der Waals surface area (Å²) in [7, 11) is 6.16. The van der Waals surface area contributed by atoms with Crippen LogP contribution in [0.4, 0.5) is 10.5 Å². The Morgan fingerprint density at radius 2 is 1.38 bits per heavy atom. The molecule has 1 heterocycles. The zero-order valence-corrected chi connectivity index (χ0v) is 46.5. The van der Waals surface area contributed by atoms with Crippen LogP contribution in [-0.2, 0) is 49.6 Å². The molecular formula is C55H88N8O11. The minimum Gasteiger partial charge on any atom is -0.445 e. The second kappa shape index (κ2) is 29.5.